The molecular formula is C18H25IN4O4S. The van der Waals surface area contributed by atoms with Gasteiger partial charge in [0.1, 0.15) is 0 Å². The van der Waals surface area contributed by atoms with Crippen molar-refractivity contribution in [3.63, 3.8) is 0 Å². The molecule has 154 valence electrons. The highest BCUT2D eigenvalue weighted by Gasteiger charge is 2.20. The Morgan fingerprint density at radius 2 is 1.75 bits per heavy atom. The molecule has 2 aromatic rings. The zero-order valence-corrected chi connectivity index (χ0v) is 19.3. The molecule has 0 amide bonds. The Hall–Kier alpha value is -2.05. The summed E-state index contributed by atoms with van der Waals surface area (Å²) in [5, 5.41) is 2.95. The summed E-state index contributed by atoms with van der Waals surface area (Å²) in [5.41, 5.74) is 7.17. The number of halogens is 1. The second-order valence-electron chi connectivity index (χ2n) is 5.79. The van der Waals surface area contributed by atoms with E-state index in [1.54, 1.807) is 56.7 Å². The summed E-state index contributed by atoms with van der Waals surface area (Å²) in [6.07, 6.45) is 0. The number of ether oxygens (including phenoxy) is 2. The second-order valence-corrected chi connectivity index (χ2v) is 7.91. The highest BCUT2D eigenvalue weighted by atomic mass is 127. The van der Waals surface area contributed by atoms with E-state index >= 15 is 0 Å². The van der Waals surface area contributed by atoms with Gasteiger partial charge in [0.25, 0.3) is 0 Å². The van der Waals surface area contributed by atoms with Crippen LogP contribution in [0.15, 0.2) is 52.4 Å². The molecule has 0 aliphatic rings. The van der Waals surface area contributed by atoms with Crippen LogP contribution in [0, 0.1) is 0 Å². The molecule has 0 spiro atoms. The zero-order chi connectivity index (χ0) is 20.0. The van der Waals surface area contributed by atoms with E-state index in [1.807, 2.05) is 0 Å². The number of sulfonamides is 1. The lowest BCUT2D eigenvalue weighted by Crippen LogP contribution is -2.24. The van der Waals surface area contributed by atoms with Crippen LogP contribution in [0.4, 0.5) is 5.69 Å². The number of nitrogens with two attached hydrogens (primary N) is 1. The third-order valence-electron chi connectivity index (χ3n) is 3.81. The topological polar surface area (TPSA) is 106 Å². The van der Waals surface area contributed by atoms with Crippen molar-refractivity contribution < 1.29 is 17.9 Å². The predicted molar refractivity (Wildman–Crippen MR) is 121 cm³/mol. The molecule has 0 bridgehead atoms. The van der Waals surface area contributed by atoms with Crippen LogP contribution in [0.2, 0.25) is 0 Å². The SMILES string of the molecule is COc1ccc(NC(N)=NCc2ccccc2S(=O)(=O)N(C)C)cc1OC.I. The number of nitrogens with one attached hydrogen (secondary N) is 1. The minimum atomic E-state index is -3.56. The number of hydrogen-bond acceptors (Lipinski definition) is 5. The Kier molecular flexibility index (Phi) is 8.98. The van der Waals surface area contributed by atoms with Crippen molar-refractivity contribution in [1.82, 2.24) is 4.31 Å². The van der Waals surface area contributed by atoms with Gasteiger partial charge in [0.05, 0.1) is 25.7 Å². The first-order valence-electron chi connectivity index (χ1n) is 8.09. The van der Waals surface area contributed by atoms with E-state index in [-0.39, 0.29) is 41.4 Å². The van der Waals surface area contributed by atoms with Crippen LogP contribution in [0.1, 0.15) is 5.56 Å². The van der Waals surface area contributed by atoms with Crippen molar-refractivity contribution in [2.75, 3.05) is 33.6 Å². The Bertz CT molecular complexity index is 933. The quantitative estimate of drug-likeness (QED) is 0.330. The molecule has 0 aliphatic carbocycles. The smallest absolute Gasteiger partial charge is 0.242 e. The minimum Gasteiger partial charge on any atom is -0.493 e. The van der Waals surface area contributed by atoms with Crippen LogP contribution in [-0.2, 0) is 16.6 Å². The van der Waals surface area contributed by atoms with E-state index in [2.05, 4.69) is 10.3 Å². The second kappa shape index (κ2) is 10.5. The van der Waals surface area contributed by atoms with Crippen LogP contribution in [-0.4, -0.2) is 47.0 Å². The van der Waals surface area contributed by atoms with Gasteiger partial charge in [-0.15, -0.1) is 24.0 Å². The van der Waals surface area contributed by atoms with E-state index in [9.17, 15) is 8.42 Å². The van der Waals surface area contributed by atoms with Crippen molar-refractivity contribution in [3.05, 3.63) is 48.0 Å². The Morgan fingerprint density at radius 3 is 2.36 bits per heavy atom. The van der Waals surface area contributed by atoms with Crippen LogP contribution < -0.4 is 20.5 Å². The number of benzene rings is 2. The Labute approximate surface area is 182 Å². The summed E-state index contributed by atoms with van der Waals surface area (Å²) in [6, 6.07) is 11.9. The van der Waals surface area contributed by atoms with Crippen molar-refractivity contribution in [2.45, 2.75) is 11.4 Å². The molecule has 10 heteroatoms. The standard InChI is InChI=1S/C18H24N4O4S.HI/c1-22(2)27(23,24)17-8-6-5-7-13(17)12-20-18(19)21-14-9-10-15(25-3)16(11-14)26-4;/h5-11H,12H2,1-4H3,(H3,19,20,21);1H. The van der Waals surface area contributed by atoms with Gasteiger partial charge in [0.2, 0.25) is 10.0 Å². The van der Waals surface area contributed by atoms with Crippen LogP contribution in [0.3, 0.4) is 0 Å². The van der Waals surface area contributed by atoms with Crippen molar-refractivity contribution >= 4 is 45.6 Å². The zero-order valence-electron chi connectivity index (χ0n) is 16.2. The predicted octanol–water partition coefficient (Wildman–Crippen LogP) is 2.50. The highest BCUT2D eigenvalue weighted by Crippen LogP contribution is 2.29. The van der Waals surface area contributed by atoms with Gasteiger partial charge in [-0.1, -0.05) is 18.2 Å². The summed E-state index contributed by atoms with van der Waals surface area (Å²) in [6.45, 7) is 0.120. The fourth-order valence-corrected chi connectivity index (χ4v) is 3.46. The first-order valence-corrected chi connectivity index (χ1v) is 9.53. The monoisotopic (exact) mass is 520 g/mol. The van der Waals surface area contributed by atoms with Gasteiger partial charge in [0, 0.05) is 25.8 Å². The van der Waals surface area contributed by atoms with Crippen molar-refractivity contribution in [1.29, 1.82) is 0 Å². The maximum Gasteiger partial charge on any atom is 0.242 e. The normalized spacial score (nSPS) is 11.7. The summed E-state index contributed by atoms with van der Waals surface area (Å²) >= 11 is 0. The number of guanidine groups is 1. The van der Waals surface area contributed by atoms with Crippen molar-refractivity contribution in [2.24, 2.45) is 10.7 Å². The first kappa shape index (κ1) is 24.0. The molecule has 0 radical (unpaired) electrons. The van der Waals surface area contributed by atoms with E-state index in [0.717, 1.165) is 0 Å². The number of methoxy groups -OCH3 is 2. The van der Waals surface area contributed by atoms with E-state index in [4.69, 9.17) is 15.2 Å². The molecule has 0 aromatic heterocycles. The third-order valence-corrected chi connectivity index (χ3v) is 5.72. The Morgan fingerprint density at radius 1 is 1.11 bits per heavy atom. The van der Waals surface area contributed by atoms with Gasteiger partial charge in [-0.05, 0) is 23.8 Å². The molecule has 0 fully saturated rings. The summed E-state index contributed by atoms with van der Waals surface area (Å²) in [7, 11) is 2.52. The fraction of sp³-hybridized carbons (Fsp3) is 0.278. The summed E-state index contributed by atoms with van der Waals surface area (Å²) in [5.74, 6) is 1.30. The van der Waals surface area contributed by atoms with Crippen LogP contribution in [0.5, 0.6) is 11.5 Å². The van der Waals surface area contributed by atoms with Crippen LogP contribution >= 0.6 is 24.0 Å². The highest BCUT2D eigenvalue weighted by molar-refractivity contribution is 14.0. The molecule has 2 aromatic carbocycles. The molecule has 2 rings (SSSR count). The van der Waals surface area contributed by atoms with Gasteiger partial charge in [-0.2, -0.15) is 0 Å². The van der Waals surface area contributed by atoms with Crippen LogP contribution in [0.25, 0.3) is 0 Å². The number of anilines is 1. The average Bonchev–Trinajstić information content (AvgIpc) is 2.66. The Balaban J connectivity index is 0.00000392. The molecule has 8 nitrogen and oxygen atoms in total. The molecule has 28 heavy (non-hydrogen) atoms. The molecule has 0 saturated heterocycles. The minimum absolute atomic E-state index is 0. The fourth-order valence-electron chi connectivity index (χ4n) is 2.35. The maximum atomic E-state index is 12.4. The van der Waals surface area contributed by atoms with Gasteiger partial charge in [-0.25, -0.2) is 17.7 Å². The average molecular weight is 520 g/mol. The van der Waals surface area contributed by atoms with E-state index in [1.165, 1.54) is 18.4 Å². The number of rotatable bonds is 7. The van der Waals surface area contributed by atoms with E-state index in [0.29, 0.717) is 22.7 Å². The maximum absolute atomic E-state index is 12.4. The molecule has 3 N–H and O–H groups in total. The van der Waals surface area contributed by atoms with Crippen molar-refractivity contribution in [3.8, 4) is 11.5 Å². The lowest BCUT2D eigenvalue weighted by Gasteiger charge is -2.14. The summed E-state index contributed by atoms with van der Waals surface area (Å²) < 4.78 is 36.5. The number of nitrogens with zero attached hydrogens (tertiary/aromatic N) is 2. The molecule has 0 unspecified atom stereocenters. The lowest BCUT2D eigenvalue weighted by atomic mass is 10.2. The van der Waals surface area contributed by atoms with Gasteiger partial charge in [-0.3, -0.25) is 0 Å². The van der Waals surface area contributed by atoms with Gasteiger partial charge in [0.15, 0.2) is 17.5 Å². The summed E-state index contributed by atoms with van der Waals surface area (Å²) in [4.78, 5) is 4.46. The third kappa shape index (κ3) is 5.72. The molecule has 0 heterocycles. The van der Waals surface area contributed by atoms with Gasteiger partial charge < -0.3 is 20.5 Å². The lowest BCUT2D eigenvalue weighted by molar-refractivity contribution is 0.355. The molecule has 0 saturated carbocycles. The number of aliphatic imine (C=N–C) groups is 1. The molecule has 0 atom stereocenters. The van der Waals surface area contributed by atoms with E-state index < -0.39 is 10.0 Å². The first-order chi connectivity index (χ1) is 12.8. The molecular weight excluding hydrogens is 495 g/mol. The van der Waals surface area contributed by atoms with Gasteiger partial charge >= 0.3 is 0 Å². The number of hydrogen-bond donors (Lipinski definition) is 2. The molecule has 0 aliphatic heterocycles. The largest absolute Gasteiger partial charge is 0.493 e.